The van der Waals surface area contributed by atoms with E-state index < -0.39 is 0 Å². The van der Waals surface area contributed by atoms with Crippen LogP contribution in [0, 0.1) is 0 Å². The van der Waals surface area contributed by atoms with Gasteiger partial charge in [0.1, 0.15) is 0 Å². The van der Waals surface area contributed by atoms with Crippen LogP contribution < -0.4 is 5.43 Å². The molecule has 120 valence electrons. The fourth-order valence-electron chi connectivity index (χ4n) is 2.11. The summed E-state index contributed by atoms with van der Waals surface area (Å²) in [6, 6.07) is 16.2. The van der Waals surface area contributed by atoms with Gasteiger partial charge in [0.2, 0.25) is 0 Å². The van der Waals surface area contributed by atoms with E-state index in [4.69, 9.17) is 23.2 Å². The molecule has 0 unspecified atom stereocenters. The van der Waals surface area contributed by atoms with Gasteiger partial charge in [-0.1, -0.05) is 29.3 Å². The Morgan fingerprint density at radius 2 is 1.71 bits per heavy atom. The van der Waals surface area contributed by atoms with Gasteiger partial charge in [0, 0.05) is 23.6 Å². The van der Waals surface area contributed by atoms with Crippen molar-refractivity contribution in [2.45, 2.75) is 0 Å². The van der Waals surface area contributed by atoms with Crippen LogP contribution in [0.15, 0.2) is 72.1 Å². The van der Waals surface area contributed by atoms with Crippen LogP contribution in [-0.2, 0) is 0 Å². The Labute approximate surface area is 149 Å². The van der Waals surface area contributed by atoms with Gasteiger partial charge in [-0.15, -0.1) is 0 Å². The van der Waals surface area contributed by atoms with Gasteiger partial charge in [0.25, 0.3) is 5.91 Å². The highest BCUT2D eigenvalue weighted by Gasteiger charge is 2.04. The third-order valence-corrected chi connectivity index (χ3v) is 4.09. The van der Waals surface area contributed by atoms with Crippen LogP contribution in [0.25, 0.3) is 5.69 Å². The van der Waals surface area contributed by atoms with Crippen LogP contribution in [0.2, 0.25) is 10.0 Å². The maximum Gasteiger partial charge on any atom is 0.271 e. The third-order valence-electron chi connectivity index (χ3n) is 3.36. The highest BCUT2D eigenvalue weighted by atomic mass is 35.5. The zero-order valence-electron chi connectivity index (χ0n) is 12.5. The molecule has 0 saturated heterocycles. The average molecular weight is 358 g/mol. The van der Waals surface area contributed by atoms with Gasteiger partial charge in [-0.2, -0.15) is 5.10 Å². The van der Waals surface area contributed by atoms with Crippen LogP contribution >= 0.6 is 23.2 Å². The summed E-state index contributed by atoms with van der Waals surface area (Å²) in [5, 5.41) is 4.84. The van der Waals surface area contributed by atoms with Crippen molar-refractivity contribution in [2.24, 2.45) is 5.10 Å². The topological polar surface area (TPSA) is 46.4 Å². The van der Waals surface area contributed by atoms with Crippen molar-refractivity contribution < 1.29 is 4.79 Å². The summed E-state index contributed by atoms with van der Waals surface area (Å²) in [5.74, 6) is -0.287. The number of nitrogens with zero attached hydrogens (tertiary/aromatic N) is 2. The summed E-state index contributed by atoms with van der Waals surface area (Å²) in [5.41, 5.74) is 4.73. The summed E-state index contributed by atoms with van der Waals surface area (Å²) < 4.78 is 1.96. The van der Waals surface area contributed by atoms with Gasteiger partial charge in [-0.25, -0.2) is 5.43 Å². The maximum absolute atomic E-state index is 12.1. The molecular weight excluding hydrogens is 345 g/mol. The van der Waals surface area contributed by atoms with Crippen LogP contribution in [-0.4, -0.2) is 16.7 Å². The molecule has 1 amide bonds. The summed E-state index contributed by atoms with van der Waals surface area (Å²) in [7, 11) is 0. The molecule has 0 saturated carbocycles. The van der Waals surface area contributed by atoms with Crippen molar-refractivity contribution in [1.29, 1.82) is 0 Å². The first-order valence-electron chi connectivity index (χ1n) is 7.15. The molecule has 0 aliphatic rings. The number of hydrogen-bond donors (Lipinski definition) is 1. The Morgan fingerprint density at radius 1 is 1.00 bits per heavy atom. The number of amides is 1. The van der Waals surface area contributed by atoms with Gasteiger partial charge in [-0.05, 0) is 54.1 Å². The lowest BCUT2D eigenvalue weighted by Crippen LogP contribution is -2.17. The summed E-state index contributed by atoms with van der Waals surface area (Å²) in [4.78, 5) is 12.1. The lowest BCUT2D eigenvalue weighted by molar-refractivity contribution is 0.0955. The monoisotopic (exact) mass is 357 g/mol. The molecule has 0 atom stereocenters. The highest BCUT2D eigenvalue weighted by molar-refractivity contribution is 6.42. The fraction of sp³-hybridized carbons (Fsp3) is 0. The maximum atomic E-state index is 12.1. The van der Waals surface area contributed by atoms with Crippen molar-refractivity contribution >= 4 is 35.3 Å². The normalized spacial score (nSPS) is 10.9. The van der Waals surface area contributed by atoms with E-state index in [2.05, 4.69) is 10.5 Å². The minimum absolute atomic E-state index is 0.287. The Balaban J connectivity index is 1.64. The third kappa shape index (κ3) is 3.85. The first kappa shape index (κ1) is 16.3. The molecule has 24 heavy (non-hydrogen) atoms. The molecule has 1 heterocycles. The number of benzene rings is 2. The largest absolute Gasteiger partial charge is 0.324 e. The number of hydrazone groups is 1. The van der Waals surface area contributed by atoms with Crippen molar-refractivity contribution in [1.82, 2.24) is 9.99 Å². The fourth-order valence-corrected chi connectivity index (χ4v) is 2.42. The molecule has 3 rings (SSSR count). The van der Waals surface area contributed by atoms with Gasteiger partial charge in [0.05, 0.1) is 16.3 Å². The van der Waals surface area contributed by atoms with Gasteiger partial charge in [0.15, 0.2) is 0 Å². The minimum Gasteiger partial charge on any atom is -0.324 e. The Hall–Kier alpha value is -2.56. The minimum atomic E-state index is -0.287. The molecule has 1 N–H and O–H groups in total. The number of rotatable bonds is 4. The van der Waals surface area contributed by atoms with E-state index in [1.807, 2.05) is 41.2 Å². The van der Waals surface area contributed by atoms with Gasteiger partial charge < -0.3 is 4.57 Å². The number of hydrogen-bond acceptors (Lipinski definition) is 2. The van der Waals surface area contributed by atoms with Crippen LogP contribution in [0.4, 0.5) is 0 Å². The number of aromatic nitrogens is 1. The van der Waals surface area contributed by atoms with E-state index in [9.17, 15) is 4.79 Å². The van der Waals surface area contributed by atoms with Crippen molar-refractivity contribution in [3.8, 4) is 5.69 Å². The zero-order valence-corrected chi connectivity index (χ0v) is 14.0. The number of halogens is 2. The molecule has 1 aromatic heterocycles. The lowest BCUT2D eigenvalue weighted by atomic mass is 10.2. The Kier molecular flexibility index (Phi) is 4.99. The van der Waals surface area contributed by atoms with E-state index in [0.717, 1.165) is 11.3 Å². The van der Waals surface area contributed by atoms with Crippen LogP contribution in [0.1, 0.15) is 15.9 Å². The van der Waals surface area contributed by atoms with Crippen molar-refractivity contribution in [3.05, 3.63) is 88.2 Å². The van der Waals surface area contributed by atoms with E-state index in [1.54, 1.807) is 30.3 Å². The van der Waals surface area contributed by atoms with Crippen molar-refractivity contribution in [2.75, 3.05) is 0 Å². The second-order valence-electron chi connectivity index (χ2n) is 5.01. The summed E-state index contributed by atoms with van der Waals surface area (Å²) in [6.07, 6.45) is 5.39. The van der Waals surface area contributed by atoms with Gasteiger partial charge in [-0.3, -0.25) is 4.79 Å². The molecule has 0 aliphatic heterocycles. The average Bonchev–Trinajstić information content (AvgIpc) is 3.13. The van der Waals surface area contributed by atoms with Crippen LogP contribution in [0.3, 0.4) is 0 Å². The lowest BCUT2D eigenvalue weighted by Gasteiger charge is -2.04. The highest BCUT2D eigenvalue weighted by Crippen LogP contribution is 2.21. The quantitative estimate of drug-likeness (QED) is 0.540. The Morgan fingerprint density at radius 3 is 2.38 bits per heavy atom. The standard InChI is InChI=1S/C18H13Cl2N3O/c19-16-8-3-13(11-17(16)20)12-21-22-18(24)14-4-6-15(7-5-14)23-9-1-2-10-23/h1-12H,(H,22,24)/b21-12+. The molecule has 0 aliphatic carbocycles. The number of nitrogens with one attached hydrogen (secondary N) is 1. The summed E-state index contributed by atoms with van der Waals surface area (Å²) in [6.45, 7) is 0. The molecule has 6 heteroatoms. The smallest absolute Gasteiger partial charge is 0.271 e. The molecule has 0 spiro atoms. The van der Waals surface area contributed by atoms with E-state index >= 15 is 0 Å². The molecular formula is C18H13Cl2N3O. The van der Waals surface area contributed by atoms with Crippen molar-refractivity contribution in [3.63, 3.8) is 0 Å². The number of carbonyl (C=O) groups excluding carboxylic acids is 1. The van der Waals surface area contributed by atoms with Crippen LogP contribution in [0.5, 0.6) is 0 Å². The molecule has 0 radical (unpaired) electrons. The first-order chi connectivity index (χ1) is 11.6. The second-order valence-corrected chi connectivity index (χ2v) is 5.82. The summed E-state index contributed by atoms with van der Waals surface area (Å²) >= 11 is 11.8. The van der Waals surface area contributed by atoms with E-state index in [0.29, 0.717) is 15.6 Å². The number of carbonyl (C=O) groups is 1. The molecule has 0 bridgehead atoms. The molecule has 2 aromatic carbocycles. The molecule has 4 nitrogen and oxygen atoms in total. The predicted molar refractivity (Wildman–Crippen MR) is 97.3 cm³/mol. The molecule has 3 aromatic rings. The van der Waals surface area contributed by atoms with E-state index in [1.165, 1.54) is 6.21 Å². The van der Waals surface area contributed by atoms with Gasteiger partial charge >= 0.3 is 0 Å². The van der Waals surface area contributed by atoms with E-state index in [-0.39, 0.29) is 5.91 Å². The SMILES string of the molecule is O=C(N/N=C/c1ccc(Cl)c(Cl)c1)c1ccc(-n2cccc2)cc1. The first-order valence-corrected chi connectivity index (χ1v) is 7.91. The molecule has 0 fully saturated rings. The second kappa shape index (κ2) is 7.34. The Bertz CT molecular complexity index is 872. The predicted octanol–water partition coefficient (Wildman–Crippen LogP) is 4.55. The zero-order chi connectivity index (χ0) is 16.9.